The minimum absolute atomic E-state index is 0.0255. The minimum Gasteiger partial charge on any atom is -0.464 e. The highest BCUT2D eigenvalue weighted by molar-refractivity contribution is 5.92. The van der Waals surface area contributed by atoms with E-state index in [1.807, 2.05) is 20.8 Å². The fourth-order valence-corrected chi connectivity index (χ4v) is 1.78. The van der Waals surface area contributed by atoms with E-state index in [0.29, 0.717) is 5.69 Å². The standard InChI is InChI=1S/C11H16N2O4/c1-11(2,3)8-6-7(13(15)16)9(12(8)4)10(14)17-5/h6H,1-5H3. The molecule has 1 aromatic rings. The third-order valence-electron chi connectivity index (χ3n) is 2.56. The molecule has 0 saturated heterocycles. The Morgan fingerprint density at radius 3 is 2.35 bits per heavy atom. The number of ether oxygens (including phenoxy) is 1. The Kier molecular flexibility index (Phi) is 3.26. The minimum atomic E-state index is -0.699. The fourth-order valence-electron chi connectivity index (χ4n) is 1.78. The molecule has 1 heterocycles. The summed E-state index contributed by atoms with van der Waals surface area (Å²) in [4.78, 5) is 21.9. The van der Waals surface area contributed by atoms with Gasteiger partial charge in [-0.15, -0.1) is 0 Å². The van der Waals surface area contributed by atoms with Crippen LogP contribution in [0.3, 0.4) is 0 Å². The lowest BCUT2D eigenvalue weighted by molar-refractivity contribution is -0.385. The van der Waals surface area contributed by atoms with E-state index in [1.54, 1.807) is 7.05 Å². The van der Waals surface area contributed by atoms with Gasteiger partial charge in [-0.1, -0.05) is 20.8 Å². The van der Waals surface area contributed by atoms with Gasteiger partial charge in [-0.3, -0.25) is 10.1 Å². The van der Waals surface area contributed by atoms with Crippen molar-refractivity contribution in [3.05, 3.63) is 27.6 Å². The predicted octanol–water partition coefficient (Wildman–Crippen LogP) is 2.02. The van der Waals surface area contributed by atoms with Crippen LogP contribution in [0.2, 0.25) is 0 Å². The Morgan fingerprint density at radius 1 is 1.47 bits per heavy atom. The Bertz CT molecular complexity index is 469. The number of nitrogens with zero attached hydrogens (tertiary/aromatic N) is 2. The molecule has 0 spiro atoms. The van der Waals surface area contributed by atoms with Gasteiger partial charge in [-0.05, 0) is 0 Å². The Hall–Kier alpha value is -1.85. The molecule has 1 rings (SSSR count). The molecular formula is C11H16N2O4. The van der Waals surface area contributed by atoms with Gasteiger partial charge < -0.3 is 9.30 Å². The van der Waals surface area contributed by atoms with Crippen LogP contribution in [-0.2, 0) is 17.2 Å². The van der Waals surface area contributed by atoms with Gasteiger partial charge in [-0.2, -0.15) is 0 Å². The smallest absolute Gasteiger partial charge is 0.361 e. The molecule has 0 radical (unpaired) electrons. The monoisotopic (exact) mass is 240 g/mol. The van der Waals surface area contributed by atoms with Crippen LogP contribution in [0.1, 0.15) is 37.0 Å². The number of aromatic nitrogens is 1. The molecule has 17 heavy (non-hydrogen) atoms. The number of rotatable bonds is 2. The van der Waals surface area contributed by atoms with Crippen molar-refractivity contribution in [2.75, 3.05) is 7.11 Å². The summed E-state index contributed by atoms with van der Waals surface area (Å²) in [6.07, 6.45) is 0. The van der Waals surface area contributed by atoms with E-state index in [9.17, 15) is 14.9 Å². The van der Waals surface area contributed by atoms with Crippen LogP contribution in [0.25, 0.3) is 0 Å². The van der Waals surface area contributed by atoms with E-state index < -0.39 is 10.9 Å². The van der Waals surface area contributed by atoms with Gasteiger partial charge >= 0.3 is 11.7 Å². The van der Waals surface area contributed by atoms with E-state index in [2.05, 4.69) is 4.74 Å². The topological polar surface area (TPSA) is 74.4 Å². The summed E-state index contributed by atoms with van der Waals surface area (Å²) in [5.74, 6) is -0.699. The summed E-state index contributed by atoms with van der Waals surface area (Å²) < 4.78 is 6.09. The highest BCUT2D eigenvalue weighted by atomic mass is 16.6. The van der Waals surface area contributed by atoms with Crippen LogP contribution < -0.4 is 0 Å². The normalized spacial score (nSPS) is 11.4. The van der Waals surface area contributed by atoms with E-state index >= 15 is 0 Å². The molecule has 0 unspecified atom stereocenters. The number of esters is 1. The first-order chi connectivity index (χ1) is 7.70. The first-order valence-corrected chi connectivity index (χ1v) is 5.13. The molecule has 0 fully saturated rings. The third-order valence-corrected chi connectivity index (χ3v) is 2.56. The van der Waals surface area contributed by atoms with E-state index in [4.69, 9.17) is 0 Å². The summed E-state index contributed by atoms with van der Waals surface area (Å²) in [6, 6.07) is 1.42. The Labute approximate surface area is 99.3 Å². The largest absolute Gasteiger partial charge is 0.464 e. The molecule has 0 N–H and O–H groups in total. The van der Waals surface area contributed by atoms with Crippen LogP contribution in [0.4, 0.5) is 5.69 Å². The van der Waals surface area contributed by atoms with Gasteiger partial charge in [0.05, 0.1) is 12.0 Å². The molecule has 6 heteroatoms. The number of methoxy groups -OCH3 is 1. The maximum atomic E-state index is 11.6. The maximum absolute atomic E-state index is 11.6. The lowest BCUT2D eigenvalue weighted by Gasteiger charge is -2.19. The summed E-state index contributed by atoms with van der Waals surface area (Å²) in [6.45, 7) is 5.77. The van der Waals surface area contributed by atoms with Gasteiger partial charge in [0.15, 0.2) is 0 Å². The maximum Gasteiger partial charge on any atom is 0.361 e. The molecule has 94 valence electrons. The number of carbonyl (C=O) groups excluding carboxylic acids is 1. The predicted molar refractivity (Wildman–Crippen MR) is 62.1 cm³/mol. The highest BCUT2D eigenvalue weighted by Crippen LogP contribution is 2.31. The number of nitro groups is 1. The molecule has 0 aromatic carbocycles. The molecule has 0 saturated carbocycles. The molecule has 0 aliphatic carbocycles. The second-order valence-electron chi connectivity index (χ2n) is 4.82. The van der Waals surface area contributed by atoms with Crippen LogP contribution in [0.15, 0.2) is 6.07 Å². The van der Waals surface area contributed by atoms with Crippen molar-refractivity contribution in [1.29, 1.82) is 0 Å². The van der Waals surface area contributed by atoms with Gasteiger partial charge in [-0.25, -0.2) is 4.79 Å². The molecule has 0 atom stereocenters. The molecule has 0 aliphatic rings. The Morgan fingerprint density at radius 2 is 2.00 bits per heavy atom. The summed E-state index contributed by atoms with van der Waals surface area (Å²) in [5, 5.41) is 10.9. The first kappa shape index (κ1) is 13.2. The van der Waals surface area contributed by atoms with Crippen molar-refractivity contribution in [2.45, 2.75) is 26.2 Å². The Balaban J connectivity index is 3.52. The first-order valence-electron chi connectivity index (χ1n) is 5.13. The number of hydrogen-bond acceptors (Lipinski definition) is 4. The average molecular weight is 240 g/mol. The van der Waals surface area contributed by atoms with Crippen molar-refractivity contribution in [3.63, 3.8) is 0 Å². The van der Waals surface area contributed by atoms with Crippen LogP contribution in [-0.4, -0.2) is 22.6 Å². The van der Waals surface area contributed by atoms with Crippen molar-refractivity contribution >= 4 is 11.7 Å². The van der Waals surface area contributed by atoms with Crippen LogP contribution >= 0.6 is 0 Å². The van der Waals surface area contributed by atoms with Crippen molar-refractivity contribution in [3.8, 4) is 0 Å². The second-order valence-corrected chi connectivity index (χ2v) is 4.82. The van der Waals surface area contributed by atoms with Gasteiger partial charge in [0.2, 0.25) is 5.69 Å². The molecule has 0 aliphatic heterocycles. The molecule has 6 nitrogen and oxygen atoms in total. The van der Waals surface area contributed by atoms with Crippen LogP contribution in [0, 0.1) is 10.1 Å². The summed E-state index contributed by atoms with van der Waals surface area (Å²) >= 11 is 0. The lowest BCUT2D eigenvalue weighted by atomic mass is 9.92. The number of hydrogen-bond donors (Lipinski definition) is 0. The molecule has 0 bridgehead atoms. The lowest BCUT2D eigenvalue weighted by Crippen LogP contribution is -2.18. The highest BCUT2D eigenvalue weighted by Gasteiger charge is 2.31. The zero-order chi connectivity index (χ0) is 13.4. The summed E-state index contributed by atoms with van der Waals surface area (Å²) in [5.41, 5.74) is 0.183. The van der Waals surface area contributed by atoms with Gasteiger partial charge in [0.1, 0.15) is 0 Å². The van der Waals surface area contributed by atoms with Crippen molar-refractivity contribution in [1.82, 2.24) is 4.57 Å². The van der Waals surface area contributed by atoms with Crippen molar-refractivity contribution in [2.24, 2.45) is 7.05 Å². The van der Waals surface area contributed by atoms with Gasteiger partial charge in [0, 0.05) is 24.2 Å². The van der Waals surface area contributed by atoms with E-state index in [1.165, 1.54) is 17.7 Å². The molecule has 0 amide bonds. The average Bonchev–Trinajstić information content (AvgIpc) is 2.54. The van der Waals surface area contributed by atoms with E-state index in [-0.39, 0.29) is 16.8 Å². The second kappa shape index (κ2) is 4.20. The SMILES string of the molecule is COC(=O)c1c([N+](=O)[O-])cc(C(C)(C)C)n1C. The molecule has 1 aromatic heterocycles. The summed E-state index contributed by atoms with van der Waals surface area (Å²) in [7, 11) is 2.83. The zero-order valence-electron chi connectivity index (χ0n) is 10.6. The fraction of sp³-hybridized carbons (Fsp3) is 0.545. The number of carbonyl (C=O) groups is 1. The molecular weight excluding hydrogens is 224 g/mol. The van der Waals surface area contributed by atoms with E-state index in [0.717, 1.165) is 0 Å². The zero-order valence-corrected chi connectivity index (χ0v) is 10.6. The third kappa shape index (κ3) is 2.30. The van der Waals surface area contributed by atoms with Crippen molar-refractivity contribution < 1.29 is 14.5 Å². The quantitative estimate of drug-likeness (QED) is 0.450. The van der Waals surface area contributed by atoms with Crippen LogP contribution in [0.5, 0.6) is 0 Å². The van der Waals surface area contributed by atoms with Gasteiger partial charge in [0.25, 0.3) is 0 Å².